The number of methoxy groups -OCH3 is 2. The molecule has 0 aliphatic carbocycles. The first-order valence-electron chi connectivity index (χ1n) is 9.57. The molecule has 1 fully saturated rings. The molecule has 27 heavy (non-hydrogen) atoms. The Bertz CT molecular complexity index is 637. The minimum absolute atomic E-state index is 0. The lowest BCUT2D eigenvalue weighted by molar-refractivity contribution is 0.0862. The van der Waals surface area contributed by atoms with Gasteiger partial charge in [0.2, 0.25) is 0 Å². The summed E-state index contributed by atoms with van der Waals surface area (Å²) in [7, 11) is 3.46. The standard InChI is InChI=1S/C21H33NO2S2.ClH/c1-14(2)9-16-13-22-8-7-15-10-19(23-3)20(24-4)11-17(15)18(22)12-21(16,25-5)26-6;/h10-11,14,16,18H,7-9,12-13H2,1-6H3;1H. The summed E-state index contributed by atoms with van der Waals surface area (Å²) in [6.45, 7) is 7.08. The number of nitrogens with zero attached hydrogens (tertiary/aromatic N) is 1. The maximum atomic E-state index is 5.61. The third kappa shape index (κ3) is 4.36. The van der Waals surface area contributed by atoms with Crippen molar-refractivity contribution in [3.63, 3.8) is 0 Å². The first-order valence-corrected chi connectivity index (χ1v) is 12.0. The number of hydrogen-bond donors (Lipinski definition) is 0. The van der Waals surface area contributed by atoms with E-state index < -0.39 is 0 Å². The van der Waals surface area contributed by atoms with Crippen molar-refractivity contribution in [2.45, 2.75) is 43.2 Å². The smallest absolute Gasteiger partial charge is 0.161 e. The first-order chi connectivity index (χ1) is 12.5. The highest BCUT2D eigenvalue weighted by molar-refractivity contribution is 8.17. The van der Waals surface area contributed by atoms with Gasteiger partial charge in [-0.2, -0.15) is 0 Å². The number of halogens is 1. The van der Waals surface area contributed by atoms with Gasteiger partial charge < -0.3 is 9.47 Å². The van der Waals surface area contributed by atoms with E-state index in [4.69, 9.17) is 9.47 Å². The van der Waals surface area contributed by atoms with Crippen LogP contribution in [-0.2, 0) is 6.42 Å². The lowest BCUT2D eigenvalue weighted by Gasteiger charge is -2.53. The van der Waals surface area contributed by atoms with Crippen molar-refractivity contribution in [3.8, 4) is 11.5 Å². The normalized spacial score (nSPS) is 24.0. The molecule has 3 rings (SSSR count). The molecule has 2 unspecified atom stereocenters. The third-order valence-electron chi connectivity index (χ3n) is 6.12. The van der Waals surface area contributed by atoms with Gasteiger partial charge in [0.05, 0.1) is 18.3 Å². The maximum Gasteiger partial charge on any atom is 0.161 e. The Labute approximate surface area is 179 Å². The van der Waals surface area contributed by atoms with Crippen molar-refractivity contribution in [1.82, 2.24) is 4.90 Å². The van der Waals surface area contributed by atoms with Gasteiger partial charge in [-0.3, -0.25) is 4.90 Å². The van der Waals surface area contributed by atoms with Crippen molar-refractivity contribution in [3.05, 3.63) is 23.3 Å². The lowest BCUT2D eigenvalue weighted by atomic mass is 9.80. The van der Waals surface area contributed by atoms with Gasteiger partial charge in [0.25, 0.3) is 0 Å². The highest BCUT2D eigenvalue weighted by Crippen LogP contribution is 2.55. The van der Waals surface area contributed by atoms with Crippen LogP contribution in [0.15, 0.2) is 12.1 Å². The fourth-order valence-electron chi connectivity index (χ4n) is 4.80. The number of benzene rings is 1. The first kappa shape index (κ1) is 23.1. The molecule has 0 bridgehead atoms. The van der Waals surface area contributed by atoms with E-state index in [9.17, 15) is 0 Å². The molecular weight excluding hydrogens is 398 g/mol. The van der Waals surface area contributed by atoms with E-state index in [2.05, 4.69) is 66.9 Å². The number of thioether (sulfide) groups is 2. The van der Waals surface area contributed by atoms with Crippen LogP contribution in [0.4, 0.5) is 0 Å². The quantitative estimate of drug-likeness (QED) is 0.552. The molecule has 1 saturated heterocycles. The van der Waals surface area contributed by atoms with Crippen LogP contribution in [0.2, 0.25) is 0 Å². The second-order valence-electron chi connectivity index (χ2n) is 7.92. The molecule has 2 aliphatic heterocycles. The number of piperidine rings is 1. The molecule has 1 aromatic rings. The summed E-state index contributed by atoms with van der Waals surface area (Å²) in [6.07, 6.45) is 8.22. The van der Waals surface area contributed by atoms with Crippen LogP contribution >= 0.6 is 35.9 Å². The zero-order valence-corrected chi connectivity index (χ0v) is 19.9. The fraction of sp³-hybridized carbons (Fsp3) is 0.714. The summed E-state index contributed by atoms with van der Waals surface area (Å²) in [5, 5.41) is 0. The number of ether oxygens (including phenoxy) is 2. The van der Waals surface area contributed by atoms with Crippen molar-refractivity contribution in [1.29, 1.82) is 0 Å². The molecule has 154 valence electrons. The molecule has 0 radical (unpaired) electrons. The Morgan fingerprint density at radius 1 is 1.15 bits per heavy atom. The van der Waals surface area contributed by atoms with Crippen molar-refractivity contribution in [2.24, 2.45) is 11.8 Å². The third-order valence-corrected chi connectivity index (χ3v) is 9.50. The molecule has 2 aliphatic rings. The summed E-state index contributed by atoms with van der Waals surface area (Å²) < 4.78 is 11.4. The van der Waals surface area contributed by atoms with Gasteiger partial charge >= 0.3 is 0 Å². The number of fused-ring (bicyclic) bond motifs is 3. The van der Waals surface area contributed by atoms with E-state index in [1.165, 1.54) is 30.5 Å². The Kier molecular flexibility index (Phi) is 8.12. The van der Waals surface area contributed by atoms with E-state index in [1.807, 2.05) is 0 Å². The Hall–Kier alpha value is -0.230. The molecule has 6 heteroatoms. The zero-order chi connectivity index (χ0) is 18.9. The van der Waals surface area contributed by atoms with Crippen LogP contribution in [0.3, 0.4) is 0 Å². The van der Waals surface area contributed by atoms with Gasteiger partial charge in [-0.25, -0.2) is 0 Å². The average molecular weight is 432 g/mol. The maximum absolute atomic E-state index is 5.61. The predicted octanol–water partition coefficient (Wildman–Crippen LogP) is 5.51. The summed E-state index contributed by atoms with van der Waals surface area (Å²) in [6, 6.07) is 4.92. The minimum atomic E-state index is 0. The van der Waals surface area contributed by atoms with E-state index >= 15 is 0 Å². The van der Waals surface area contributed by atoms with Gasteiger partial charge in [0.15, 0.2) is 11.5 Å². The number of hydrogen-bond acceptors (Lipinski definition) is 5. The van der Waals surface area contributed by atoms with Crippen LogP contribution in [-0.4, -0.2) is 48.8 Å². The second-order valence-corrected chi connectivity index (χ2v) is 10.4. The Balaban J connectivity index is 0.00000261. The zero-order valence-electron chi connectivity index (χ0n) is 17.4. The highest BCUT2D eigenvalue weighted by Gasteiger charge is 2.48. The largest absolute Gasteiger partial charge is 0.493 e. The Morgan fingerprint density at radius 2 is 1.78 bits per heavy atom. The topological polar surface area (TPSA) is 21.7 Å². The molecule has 2 atom stereocenters. The van der Waals surface area contributed by atoms with Gasteiger partial charge in [0, 0.05) is 19.1 Å². The van der Waals surface area contributed by atoms with Crippen molar-refractivity contribution < 1.29 is 9.47 Å². The van der Waals surface area contributed by atoms with Crippen molar-refractivity contribution >= 4 is 35.9 Å². The van der Waals surface area contributed by atoms with Gasteiger partial charge in [-0.05, 0) is 66.9 Å². The lowest BCUT2D eigenvalue weighted by Crippen LogP contribution is -2.52. The molecule has 1 aromatic carbocycles. The van der Waals surface area contributed by atoms with Gasteiger partial charge in [-0.1, -0.05) is 13.8 Å². The molecule has 0 saturated carbocycles. The monoisotopic (exact) mass is 431 g/mol. The van der Waals surface area contributed by atoms with Crippen LogP contribution in [0.1, 0.15) is 43.9 Å². The predicted molar refractivity (Wildman–Crippen MR) is 122 cm³/mol. The molecule has 0 amide bonds. The minimum Gasteiger partial charge on any atom is -0.493 e. The Morgan fingerprint density at radius 3 is 2.33 bits per heavy atom. The second kappa shape index (κ2) is 9.51. The molecular formula is C21H34ClNO2S2. The summed E-state index contributed by atoms with van der Waals surface area (Å²) >= 11 is 4.14. The van der Waals surface area contributed by atoms with Gasteiger partial charge in [0.1, 0.15) is 0 Å². The summed E-state index contributed by atoms with van der Waals surface area (Å²) in [5.74, 6) is 3.20. The van der Waals surface area contributed by atoms with Crippen LogP contribution in [0.5, 0.6) is 11.5 Å². The summed E-state index contributed by atoms with van der Waals surface area (Å²) in [4.78, 5) is 2.73. The van der Waals surface area contributed by atoms with E-state index in [1.54, 1.807) is 14.2 Å². The van der Waals surface area contributed by atoms with E-state index in [-0.39, 0.29) is 12.4 Å². The van der Waals surface area contributed by atoms with E-state index in [0.29, 0.717) is 10.1 Å². The highest BCUT2D eigenvalue weighted by atomic mass is 35.5. The molecule has 3 nitrogen and oxygen atoms in total. The van der Waals surface area contributed by atoms with E-state index in [0.717, 1.165) is 36.3 Å². The van der Waals surface area contributed by atoms with Crippen LogP contribution < -0.4 is 9.47 Å². The number of rotatable bonds is 6. The average Bonchev–Trinajstić information content (AvgIpc) is 2.65. The van der Waals surface area contributed by atoms with Crippen molar-refractivity contribution in [2.75, 3.05) is 39.8 Å². The molecule has 0 spiro atoms. The van der Waals surface area contributed by atoms with Crippen LogP contribution in [0.25, 0.3) is 0 Å². The fourth-order valence-corrected chi connectivity index (χ4v) is 7.13. The van der Waals surface area contributed by atoms with Gasteiger partial charge in [-0.15, -0.1) is 35.9 Å². The molecule has 0 N–H and O–H groups in total. The molecule has 2 heterocycles. The SMILES string of the molecule is COc1cc2c(cc1OC)C1CC(SC)(SC)C(CC(C)C)CN1CC2.Cl. The van der Waals surface area contributed by atoms with Crippen LogP contribution in [0, 0.1) is 11.8 Å². The summed E-state index contributed by atoms with van der Waals surface area (Å²) in [5.41, 5.74) is 2.88. The molecule has 0 aromatic heterocycles.